The predicted molar refractivity (Wildman–Crippen MR) is 282 cm³/mol. The van der Waals surface area contributed by atoms with Gasteiger partial charge < -0.3 is 69.1 Å². The van der Waals surface area contributed by atoms with E-state index >= 15 is 0 Å². The Bertz CT molecular complexity index is 2490. The number of unbranched alkanes of at least 4 members (excludes halogenated alkanes) is 1. The molecule has 23 nitrogen and oxygen atoms in total. The van der Waals surface area contributed by atoms with E-state index in [-0.39, 0.29) is 37.9 Å². The average Bonchev–Trinajstić information content (AvgIpc) is 4.06. The number of hydrogen-bond acceptors (Lipinski definition) is 14. The second-order valence-electron chi connectivity index (χ2n) is 17.8. The molecule has 0 aliphatic carbocycles. The van der Waals surface area contributed by atoms with E-state index in [1.54, 1.807) is 56.6 Å². The number of nitrogens with zero attached hydrogens (tertiary/aromatic N) is 1. The van der Waals surface area contributed by atoms with E-state index in [4.69, 9.17) is 11.5 Å². The van der Waals surface area contributed by atoms with E-state index in [1.165, 1.54) is 24.3 Å². The van der Waals surface area contributed by atoms with Crippen LogP contribution in [0.3, 0.4) is 0 Å². The number of fused-ring (bicyclic) bond motifs is 1. The fourth-order valence-corrected chi connectivity index (χ4v) is 8.37. The lowest BCUT2D eigenvalue weighted by molar-refractivity contribution is -0.142. The van der Waals surface area contributed by atoms with Gasteiger partial charge in [0.25, 0.3) is 0 Å². The van der Waals surface area contributed by atoms with Crippen molar-refractivity contribution < 1.29 is 48.3 Å². The van der Waals surface area contributed by atoms with Gasteiger partial charge in [0.15, 0.2) is 0 Å². The molecule has 0 bridgehead atoms. The van der Waals surface area contributed by atoms with Crippen molar-refractivity contribution in [2.24, 2.45) is 17.4 Å². The Morgan fingerprint density at radius 2 is 1.28 bits per heavy atom. The zero-order chi connectivity index (χ0) is 54.2. The van der Waals surface area contributed by atoms with Crippen LogP contribution < -0.4 is 54.0 Å². The van der Waals surface area contributed by atoms with Gasteiger partial charge in [-0.05, 0) is 73.8 Å². The second kappa shape index (κ2) is 30.9. The molecule has 2 heterocycles. The topological polar surface area (TPSA) is 367 Å². The molecule has 15 N–H and O–H groups in total. The van der Waals surface area contributed by atoms with Crippen LogP contribution in [-0.2, 0) is 62.4 Å². The molecule has 0 radical (unpaired) electrons. The SMILES string of the molecule is CSCC[C@H](NC(=O)CNC(=O)[C@H](Cc1cnc[nH]1)NC(=O)CNC(=O)[C@H](Cc1ccccc1)NC(=O)[C@@H](NC(=O)[C@@H](N)Cc1c[nH]c2ccccc12)C(C)C)C(=O)N[C@@H](CS)C(=O)N[C@@H](CCCCN)C(=O)O. The lowest BCUT2D eigenvalue weighted by Gasteiger charge is -2.26. The maximum atomic E-state index is 13.9. The van der Waals surface area contributed by atoms with Crippen LogP contribution in [0.2, 0.25) is 0 Å². The number of rotatable bonds is 32. The van der Waals surface area contributed by atoms with Crippen molar-refractivity contribution in [1.82, 2.24) is 57.5 Å². The molecule has 2 aromatic heterocycles. The maximum Gasteiger partial charge on any atom is 0.326 e. The minimum atomic E-state index is -1.31. The molecule has 0 saturated heterocycles. The fraction of sp³-hybridized carbons (Fsp3) is 0.469. The number of aromatic amines is 2. The summed E-state index contributed by atoms with van der Waals surface area (Å²) in [5.41, 5.74) is 14.7. The molecule has 25 heteroatoms. The number of benzene rings is 2. The van der Waals surface area contributed by atoms with Crippen LogP contribution in [0.15, 0.2) is 73.3 Å². The van der Waals surface area contributed by atoms with E-state index in [0.29, 0.717) is 36.4 Å². The van der Waals surface area contributed by atoms with Crippen LogP contribution >= 0.6 is 24.4 Å². The van der Waals surface area contributed by atoms with Gasteiger partial charge >= 0.3 is 5.97 Å². The summed E-state index contributed by atoms with van der Waals surface area (Å²) in [5.74, 6) is -7.33. The molecule has 8 amide bonds. The summed E-state index contributed by atoms with van der Waals surface area (Å²) in [5, 5.41) is 31.1. The Balaban J connectivity index is 1.37. The molecule has 4 aromatic rings. The van der Waals surface area contributed by atoms with Gasteiger partial charge in [0, 0.05) is 47.6 Å². The molecular weight excluding hydrogens is 995 g/mol. The lowest BCUT2D eigenvalue weighted by atomic mass is 9.99. The lowest BCUT2D eigenvalue weighted by Crippen LogP contribution is -2.58. The first-order valence-electron chi connectivity index (χ1n) is 24.1. The van der Waals surface area contributed by atoms with E-state index in [1.807, 2.05) is 24.3 Å². The highest BCUT2D eigenvalue weighted by atomic mass is 32.2. The van der Waals surface area contributed by atoms with Crippen molar-refractivity contribution in [2.75, 3.05) is 37.4 Å². The Labute approximate surface area is 438 Å². The molecule has 74 heavy (non-hydrogen) atoms. The molecule has 2 aromatic carbocycles. The third-order valence-corrected chi connectivity index (χ3v) is 12.7. The molecule has 0 aliphatic heterocycles. The molecule has 7 atom stereocenters. The highest BCUT2D eigenvalue weighted by molar-refractivity contribution is 7.98. The molecule has 0 unspecified atom stereocenters. The molecular formula is C49H69N13O10S2. The molecule has 0 fully saturated rings. The minimum absolute atomic E-state index is 0.0138. The number of para-hydroxylation sites is 1. The van der Waals surface area contributed by atoms with Gasteiger partial charge in [0.1, 0.15) is 36.3 Å². The van der Waals surface area contributed by atoms with E-state index in [0.717, 1.165) is 16.5 Å². The van der Waals surface area contributed by atoms with Gasteiger partial charge in [-0.15, -0.1) is 0 Å². The molecule has 0 aliphatic rings. The molecule has 0 spiro atoms. The quantitative estimate of drug-likeness (QED) is 0.0205. The van der Waals surface area contributed by atoms with Crippen LogP contribution in [0, 0.1) is 5.92 Å². The standard InChI is InChI=1S/C49H69N13O10S2/c1-28(2)42(62-43(65)33(51)20-30-22-53-34-14-8-7-13-32(30)34)48(70)60-37(19-29-11-5-4-6-12-29)44(66)54-25-41(64)58-38(21-31-23-52-27-56-31)45(67)55-24-40(63)57-35(16-18-74-3)46(68)61-39(26-73)47(69)59-36(49(71)72)15-9-10-17-50/h4-8,11-14,22-23,27-28,33,35-39,42,53,73H,9-10,15-21,24-26,50-51H2,1-3H3,(H,52,56)(H,54,66)(H,55,67)(H,57,63)(H,58,64)(H,59,69)(H,60,70)(H,61,68)(H,62,65)(H,71,72)/t33-,35-,36-,37-,38-,39-,42-/m0/s1. The highest BCUT2D eigenvalue weighted by Gasteiger charge is 2.32. The summed E-state index contributed by atoms with van der Waals surface area (Å²) >= 11 is 5.56. The third-order valence-electron chi connectivity index (χ3n) is 11.7. The zero-order valence-corrected chi connectivity index (χ0v) is 43.3. The number of thiol groups is 1. The molecule has 0 saturated carbocycles. The summed E-state index contributed by atoms with van der Waals surface area (Å²) in [7, 11) is 0. The number of carboxylic acids is 1. The van der Waals surface area contributed by atoms with Gasteiger partial charge in [-0.2, -0.15) is 24.4 Å². The number of aromatic nitrogens is 3. The van der Waals surface area contributed by atoms with Crippen molar-refractivity contribution in [1.29, 1.82) is 0 Å². The van der Waals surface area contributed by atoms with Crippen molar-refractivity contribution in [3.05, 3.63) is 90.1 Å². The number of nitrogens with one attached hydrogen (secondary N) is 10. The van der Waals surface area contributed by atoms with Crippen LogP contribution in [0.4, 0.5) is 0 Å². The number of H-pyrrole nitrogens is 2. The average molecular weight is 1060 g/mol. The Kier molecular flexibility index (Phi) is 24.9. The number of hydrogen-bond donors (Lipinski definition) is 14. The summed E-state index contributed by atoms with van der Waals surface area (Å²) in [6, 6.07) is 8.17. The number of aliphatic carboxylic acids is 1. The number of amides is 8. The third kappa shape index (κ3) is 19.5. The van der Waals surface area contributed by atoms with Gasteiger partial charge in [-0.3, -0.25) is 38.4 Å². The van der Waals surface area contributed by atoms with Gasteiger partial charge in [0.05, 0.1) is 25.5 Å². The smallest absolute Gasteiger partial charge is 0.326 e. The number of thioether (sulfide) groups is 1. The highest BCUT2D eigenvalue weighted by Crippen LogP contribution is 2.19. The largest absolute Gasteiger partial charge is 0.480 e. The minimum Gasteiger partial charge on any atom is -0.480 e. The maximum absolute atomic E-state index is 13.9. The number of imidazole rings is 1. The number of carbonyl (C=O) groups excluding carboxylic acids is 8. The monoisotopic (exact) mass is 1060 g/mol. The van der Waals surface area contributed by atoms with Gasteiger partial charge in [0.2, 0.25) is 47.3 Å². The van der Waals surface area contributed by atoms with Crippen molar-refractivity contribution in [3.63, 3.8) is 0 Å². The molecule has 402 valence electrons. The van der Waals surface area contributed by atoms with Gasteiger partial charge in [-0.25, -0.2) is 9.78 Å². The van der Waals surface area contributed by atoms with Crippen LogP contribution in [0.1, 0.15) is 56.4 Å². The Hall–Kier alpha value is -6.96. The fourth-order valence-electron chi connectivity index (χ4n) is 7.64. The number of nitrogens with two attached hydrogens (primary N) is 2. The Morgan fingerprint density at radius 1 is 0.676 bits per heavy atom. The number of carbonyl (C=O) groups is 9. The number of carboxylic acid groups (broad SMARTS) is 1. The normalized spacial score (nSPS) is 14.0. The molecule has 4 rings (SSSR count). The second-order valence-corrected chi connectivity index (χ2v) is 19.2. The predicted octanol–water partition coefficient (Wildman–Crippen LogP) is -1.06. The summed E-state index contributed by atoms with van der Waals surface area (Å²) in [6.45, 7) is 2.54. The van der Waals surface area contributed by atoms with Crippen LogP contribution in [-0.4, -0.2) is 153 Å². The zero-order valence-electron chi connectivity index (χ0n) is 41.6. The summed E-state index contributed by atoms with van der Waals surface area (Å²) in [6.07, 6.45) is 7.72. The first kappa shape index (κ1) is 59.6. The van der Waals surface area contributed by atoms with E-state index < -0.39 is 115 Å². The summed E-state index contributed by atoms with van der Waals surface area (Å²) in [4.78, 5) is 130. The van der Waals surface area contributed by atoms with E-state index in [9.17, 15) is 48.3 Å². The first-order chi connectivity index (χ1) is 35.4. The summed E-state index contributed by atoms with van der Waals surface area (Å²) < 4.78 is 0. The van der Waals surface area contributed by atoms with Crippen molar-refractivity contribution in [3.8, 4) is 0 Å². The van der Waals surface area contributed by atoms with Crippen molar-refractivity contribution >= 4 is 88.5 Å². The van der Waals surface area contributed by atoms with Crippen LogP contribution in [0.25, 0.3) is 10.9 Å². The Morgan fingerprint density at radius 3 is 1.89 bits per heavy atom. The van der Waals surface area contributed by atoms with E-state index in [2.05, 4.69) is 70.1 Å². The van der Waals surface area contributed by atoms with Crippen molar-refractivity contribution in [2.45, 2.75) is 101 Å². The van der Waals surface area contributed by atoms with Crippen LogP contribution in [0.5, 0.6) is 0 Å². The first-order valence-corrected chi connectivity index (χ1v) is 26.2. The van der Waals surface area contributed by atoms with Gasteiger partial charge in [-0.1, -0.05) is 62.4 Å².